The molecule has 0 radical (unpaired) electrons. The maximum atomic E-state index is 11.1. The van der Waals surface area contributed by atoms with Crippen molar-refractivity contribution < 1.29 is 9.90 Å². The first-order valence-corrected chi connectivity index (χ1v) is 7.29. The number of thiophene rings is 1. The number of nitrogens with two attached hydrogens (primary N) is 1. The van der Waals surface area contributed by atoms with Gasteiger partial charge in [-0.05, 0) is 43.5 Å². The summed E-state index contributed by atoms with van der Waals surface area (Å²) in [5, 5.41) is 11.2. The lowest BCUT2D eigenvalue weighted by atomic mass is 10.1. The summed E-state index contributed by atoms with van der Waals surface area (Å²) in [5.41, 5.74) is 7.65. The Hall–Kier alpha value is -2.01. The number of carboxylic acids is 1. The fraction of sp³-hybridized carbons (Fsp3) is 0.267. The summed E-state index contributed by atoms with van der Waals surface area (Å²) in [6.07, 6.45) is 0. The molecule has 20 heavy (non-hydrogen) atoms. The Morgan fingerprint density at radius 3 is 2.70 bits per heavy atom. The van der Waals surface area contributed by atoms with Gasteiger partial charge >= 0.3 is 5.97 Å². The number of nitrogens with zero attached hydrogens (tertiary/aromatic N) is 1. The molecule has 0 spiro atoms. The lowest BCUT2D eigenvalue weighted by molar-refractivity contribution is 0.0697. The van der Waals surface area contributed by atoms with E-state index in [1.165, 1.54) is 10.9 Å². The first-order chi connectivity index (χ1) is 9.49. The van der Waals surface area contributed by atoms with Crippen molar-refractivity contribution in [1.82, 2.24) is 0 Å². The zero-order valence-corrected chi connectivity index (χ0v) is 12.4. The van der Waals surface area contributed by atoms with E-state index in [0.29, 0.717) is 5.69 Å². The summed E-state index contributed by atoms with van der Waals surface area (Å²) in [7, 11) is 0. The molecule has 4 nitrogen and oxygen atoms in total. The second kappa shape index (κ2) is 5.96. The second-order valence-corrected chi connectivity index (χ2v) is 5.91. The van der Waals surface area contributed by atoms with Gasteiger partial charge in [-0.3, -0.25) is 0 Å². The van der Waals surface area contributed by atoms with Crippen molar-refractivity contribution in [3.8, 4) is 0 Å². The molecule has 3 N–H and O–H groups in total. The smallest absolute Gasteiger partial charge is 0.335 e. The third-order valence-corrected chi connectivity index (χ3v) is 3.98. The molecule has 0 aliphatic rings. The second-order valence-electron chi connectivity index (χ2n) is 4.88. The molecule has 2 aromatic rings. The number of hydrogen-bond donors (Lipinski definition) is 2. The van der Waals surface area contributed by atoms with Crippen LogP contribution >= 0.6 is 11.3 Å². The van der Waals surface area contributed by atoms with E-state index in [1.807, 2.05) is 11.4 Å². The normalized spacial score (nSPS) is 10.8. The Labute approximate surface area is 122 Å². The maximum absolute atomic E-state index is 11.1. The number of anilines is 2. The van der Waals surface area contributed by atoms with Crippen molar-refractivity contribution in [2.24, 2.45) is 0 Å². The highest BCUT2D eigenvalue weighted by molar-refractivity contribution is 7.09. The Bertz CT molecular complexity index is 594. The van der Waals surface area contributed by atoms with Crippen LogP contribution < -0.4 is 10.6 Å². The maximum Gasteiger partial charge on any atom is 0.335 e. The van der Waals surface area contributed by atoms with Crippen molar-refractivity contribution in [1.29, 1.82) is 0 Å². The minimum atomic E-state index is -0.939. The molecule has 5 heteroatoms. The number of carbonyl (C=O) groups is 1. The van der Waals surface area contributed by atoms with Crippen LogP contribution in [-0.2, 0) is 6.54 Å². The van der Waals surface area contributed by atoms with Gasteiger partial charge in [0.25, 0.3) is 0 Å². The lowest BCUT2D eigenvalue weighted by Gasteiger charge is -2.30. The summed E-state index contributed by atoms with van der Waals surface area (Å²) in [6, 6.07) is 9.13. The van der Waals surface area contributed by atoms with E-state index in [-0.39, 0.29) is 11.6 Å². The number of rotatable bonds is 5. The number of hydrogen-bond acceptors (Lipinski definition) is 4. The van der Waals surface area contributed by atoms with Gasteiger partial charge in [-0.25, -0.2) is 4.79 Å². The van der Waals surface area contributed by atoms with Crippen molar-refractivity contribution in [3.05, 3.63) is 46.2 Å². The Balaban J connectivity index is 2.38. The molecule has 0 fully saturated rings. The van der Waals surface area contributed by atoms with Crippen LogP contribution in [-0.4, -0.2) is 17.1 Å². The summed E-state index contributed by atoms with van der Waals surface area (Å²) in [6.45, 7) is 4.86. The van der Waals surface area contributed by atoms with Gasteiger partial charge in [-0.1, -0.05) is 6.07 Å². The molecule has 0 aliphatic carbocycles. The predicted molar refractivity (Wildman–Crippen MR) is 83.5 cm³/mol. The molecule has 0 saturated heterocycles. The van der Waals surface area contributed by atoms with Crippen LogP contribution in [0.3, 0.4) is 0 Å². The van der Waals surface area contributed by atoms with Gasteiger partial charge in [0.05, 0.1) is 23.5 Å². The van der Waals surface area contributed by atoms with Crippen LogP contribution in [0, 0.1) is 0 Å². The summed E-state index contributed by atoms with van der Waals surface area (Å²) >= 11 is 1.68. The third-order valence-electron chi connectivity index (χ3n) is 3.12. The molecular weight excluding hydrogens is 272 g/mol. The van der Waals surface area contributed by atoms with Gasteiger partial charge in [-0.15, -0.1) is 11.3 Å². The fourth-order valence-corrected chi connectivity index (χ4v) is 2.74. The van der Waals surface area contributed by atoms with E-state index in [1.54, 1.807) is 23.5 Å². The quantitative estimate of drug-likeness (QED) is 0.828. The van der Waals surface area contributed by atoms with E-state index in [0.717, 1.165) is 12.2 Å². The minimum Gasteiger partial charge on any atom is -0.478 e. The topological polar surface area (TPSA) is 66.6 Å². The molecule has 106 valence electrons. The number of aromatic carboxylic acids is 1. The SMILES string of the molecule is CC(C)N(Cc1cccs1)c1cc(C(=O)O)ccc1N. The van der Waals surface area contributed by atoms with Crippen molar-refractivity contribution in [2.45, 2.75) is 26.4 Å². The van der Waals surface area contributed by atoms with Crippen LogP contribution in [0.2, 0.25) is 0 Å². The molecular formula is C15H18N2O2S. The molecule has 1 aromatic carbocycles. The zero-order chi connectivity index (χ0) is 14.7. The van der Waals surface area contributed by atoms with E-state index >= 15 is 0 Å². The van der Waals surface area contributed by atoms with Crippen LogP contribution in [0.1, 0.15) is 29.1 Å². The molecule has 0 atom stereocenters. The van der Waals surface area contributed by atoms with Gasteiger partial charge in [0.2, 0.25) is 0 Å². The largest absolute Gasteiger partial charge is 0.478 e. The van der Waals surface area contributed by atoms with Crippen LogP contribution in [0.15, 0.2) is 35.7 Å². The fourth-order valence-electron chi connectivity index (χ4n) is 2.04. The van der Waals surface area contributed by atoms with Gasteiger partial charge in [0.1, 0.15) is 0 Å². The molecule has 2 rings (SSSR count). The van der Waals surface area contributed by atoms with Crippen molar-refractivity contribution in [3.63, 3.8) is 0 Å². The first-order valence-electron chi connectivity index (χ1n) is 6.41. The van der Waals surface area contributed by atoms with Crippen molar-refractivity contribution in [2.75, 3.05) is 10.6 Å². The summed E-state index contributed by atoms with van der Waals surface area (Å²) < 4.78 is 0. The van der Waals surface area contributed by atoms with E-state index in [4.69, 9.17) is 10.8 Å². The van der Waals surface area contributed by atoms with Crippen molar-refractivity contribution >= 4 is 28.7 Å². The highest BCUT2D eigenvalue weighted by atomic mass is 32.1. The average Bonchev–Trinajstić information content (AvgIpc) is 2.89. The van der Waals surface area contributed by atoms with Gasteiger partial charge in [-0.2, -0.15) is 0 Å². The monoisotopic (exact) mass is 290 g/mol. The summed E-state index contributed by atoms with van der Waals surface area (Å²) in [5.74, 6) is -0.939. The Kier molecular flexibility index (Phi) is 4.29. The minimum absolute atomic E-state index is 0.225. The predicted octanol–water partition coefficient (Wildman–Crippen LogP) is 3.44. The standard InChI is InChI=1S/C15H18N2O2S/c1-10(2)17(9-12-4-3-7-20-12)14-8-11(15(18)19)5-6-13(14)16/h3-8,10H,9,16H2,1-2H3,(H,18,19). The van der Waals surface area contributed by atoms with Crippen LogP contribution in [0.5, 0.6) is 0 Å². The number of nitrogen functional groups attached to an aromatic ring is 1. The molecule has 0 aliphatic heterocycles. The number of carboxylic acid groups (broad SMARTS) is 1. The molecule has 0 unspecified atom stereocenters. The molecule has 0 saturated carbocycles. The molecule has 1 aromatic heterocycles. The summed E-state index contributed by atoms with van der Waals surface area (Å²) in [4.78, 5) is 14.5. The highest BCUT2D eigenvalue weighted by Gasteiger charge is 2.16. The molecule has 1 heterocycles. The van der Waals surface area contributed by atoms with Gasteiger partial charge in [0, 0.05) is 10.9 Å². The highest BCUT2D eigenvalue weighted by Crippen LogP contribution is 2.29. The van der Waals surface area contributed by atoms with E-state index < -0.39 is 5.97 Å². The first kappa shape index (κ1) is 14.4. The average molecular weight is 290 g/mol. The van der Waals surface area contributed by atoms with Crippen LogP contribution in [0.25, 0.3) is 0 Å². The third kappa shape index (κ3) is 3.11. The molecule has 0 amide bonds. The Morgan fingerprint density at radius 2 is 2.15 bits per heavy atom. The van der Waals surface area contributed by atoms with Gasteiger partial charge < -0.3 is 15.7 Å². The van der Waals surface area contributed by atoms with Crippen LogP contribution in [0.4, 0.5) is 11.4 Å². The van der Waals surface area contributed by atoms with E-state index in [2.05, 4.69) is 24.8 Å². The lowest BCUT2D eigenvalue weighted by Crippen LogP contribution is -2.30. The Morgan fingerprint density at radius 1 is 1.40 bits per heavy atom. The molecule has 0 bridgehead atoms. The van der Waals surface area contributed by atoms with E-state index in [9.17, 15) is 4.79 Å². The van der Waals surface area contributed by atoms with Gasteiger partial charge in [0.15, 0.2) is 0 Å². The number of benzene rings is 1. The zero-order valence-electron chi connectivity index (χ0n) is 11.5.